The quantitative estimate of drug-likeness (QED) is 0.516. The Bertz CT molecular complexity index is 309. The zero-order chi connectivity index (χ0) is 9.14. The maximum Gasteiger partial charge on any atom is 0.198 e. The fourth-order valence-corrected chi connectivity index (χ4v) is 2.02. The van der Waals surface area contributed by atoms with Gasteiger partial charge >= 0.3 is 0 Å². The normalized spacial score (nSPS) is 9.83. The van der Waals surface area contributed by atoms with Gasteiger partial charge in [-0.2, -0.15) is 0 Å². The van der Waals surface area contributed by atoms with Crippen LogP contribution in [0.1, 0.15) is 29.1 Å². The Morgan fingerprint density at radius 1 is 1.67 bits per heavy atom. The molecule has 1 aromatic rings. The van der Waals surface area contributed by atoms with Gasteiger partial charge < -0.3 is 0 Å². The van der Waals surface area contributed by atoms with E-state index in [0.717, 1.165) is 16.9 Å². The lowest BCUT2D eigenvalue weighted by molar-refractivity contribution is 0.103. The second-order valence-electron chi connectivity index (χ2n) is 2.74. The van der Waals surface area contributed by atoms with Crippen molar-refractivity contribution in [1.29, 1.82) is 0 Å². The Morgan fingerprint density at radius 2 is 2.33 bits per heavy atom. The van der Waals surface area contributed by atoms with E-state index >= 15 is 0 Å². The van der Waals surface area contributed by atoms with E-state index in [1.807, 2.05) is 11.4 Å². The largest absolute Gasteiger partial charge is 0.288 e. The minimum absolute atomic E-state index is 0.0850. The molecule has 12 heavy (non-hydrogen) atoms. The van der Waals surface area contributed by atoms with Crippen molar-refractivity contribution in [1.82, 2.24) is 0 Å². The number of ketones is 1. The summed E-state index contributed by atoms with van der Waals surface area (Å²) >= 11 is 1.50. The maximum absolute atomic E-state index is 11.5. The molecule has 64 valence electrons. The summed E-state index contributed by atoms with van der Waals surface area (Å²) in [4.78, 5) is 12.3. The predicted molar refractivity (Wildman–Crippen MR) is 52.8 cm³/mol. The van der Waals surface area contributed by atoms with E-state index < -0.39 is 0 Å². The molecule has 0 amide bonds. The zero-order valence-corrected chi connectivity index (χ0v) is 8.20. The lowest BCUT2D eigenvalue weighted by Gasteiger charge is -1.98. The van der Waals surface area contributed by atoms with Crippen LogP contribution in [0.5, 0.6) is 0 Å². The van der Waals surface area contributed by atoms with Crippen molar-refractivity contribution in [2.24, 2.45) is 0 Å². The summed E-state index contributed by atoms with van der Waals surface area (Å²) in [6, 6.07) is 2.00. The van der Waals surface area contributed by atoms with Crippen molar-refractivity contribution in [3.05, 3.63) is 34.0 Å². The van der Waals surface area contributed by atoms with Gasteiger partial charge in [-0.25, -0.2) is 0 Å². The molecule has 0 unspecified atom stereocenters. The average Bonchev–Trinajstić information content (AvgIpc) is 2.49. The average molecular weight is 180 g/mol. The van der Waals surface area contributed by atoms with Crippen molar-refractivity contribution in [2.45, 2.75) is 20.3 Å². The van der Waals surface area contributed by atoms with Crippen LogP contribution in [-0.4, -0.2) is 5.78 Å². The molecule has 0 saturated carbocycles. The van der Waals surface area contributed by atoms with Gasteiger partial charge in [-0.1, -0.05) is 13.5 Å². The van der Waals surface area contributed by atoms with Gasteiger partial charge in [-0.3, -0.25) is 4.79 Å². The van der Waals surface area contributed by atoms with Crippen molar-refractivity contribution in [3.8, 4) is 0 Å². The molecule has 1 heterocycles. The van der Waals surface area contributed by atoms with E-state index in [-0.39, 0.29) is 5.78 Å². The van der Waals surface area contributed by atoms with E-state index in [9.17, 15) is 4.79 Å². The van der Waals surface area contributed by atoms with Gasteiger partial charge in [-0.05, 0) is 35.9 Å². The second-order valence-corrected chi connectivity index (χ2v) is 3.65. The number of carbonyl (C=O) groups excluding carboxylic acids is 1. The zero-order valence-electron chi connectivity index (χ0n) is 7.39. The molecule has 0 fully saturated rings. The summed E-state index contributed by atoms with van der Waals surface area (Å²) < 4.78 is 0. The SMILES string of the molecule is C=C(C)C(=O)c1sccc1CC. The smallest absolute Gasteiger partial charge is 0.198 e. The summed E-state index contributed by atoms with van der Waals surface area (Å²) in [5.74, 6) is 0.0850. The minimum Gasteiger partial charge on any atom is -0.288 e. The molecular weight excluding hydrogens is 168 g/mol. The molecular formula is C10H12OS. The molecule has 1 nitrogen and oxygen atoms in total. The molecule has 0 aliphatic heterocycles. The van der Waals surface area contributed by atoms with E-state index in [1.165, 1.54) is 11.3 Å². The highest BCUT2D eigenvalue weighted by Crippen LogP contribution is 2.20. The van der Waals surface area contributed by atoms with Crippen LogP contribution in [0.2, 0.25) is 0 Å². The molecule has 0 saturated heterocycles. The molecule has 2 heteroatoms. The van der Waals surface area contributed by atoms with Crippen molar-refractivity contribution in [2.75, 3.05) is 0 Å². The first-order valence-electron chi connectivity index (χ1n) is 3.93. The highest BCUT2D eigenvalue weighted by molar-refractivity contribution is 7.12. The minimum atomic E-state index is 0.0850. The molecule has 0 atom stereocenters. The Kier molecular flexibility index (Phi) is 2.82. The van der Waals surface area contributed by atoms with Gasteiger partial charge in [0, 0.05) is 0 Å². The Labute approximate surface area is 76.7 Å². The number of thiophene rings is 1. The van der Waals surface area contributed by atoms with Crippen LogP contribution in [0.15, 0.2) is 23.6 Å². The first-order valence-corrected chi connectivity index (χ1v) is 4.81. The third kappa shape index (κ3) is 1.64. The van der Waals surface area contributed by atoms with Crippen LogP contribution in [0.25, 0.3) is 0 Å². The van der Waals surface area contributed by atoms with Crippen LogP contribution in [0.3, 0.4) is 0 Å². The number of allylic oxidation sites excluding steroid dienone is 1. The van der Waals surface area contributed by atoms with Crippen LogP contribution in [0, 0.1) is 0 Å². The van der Waals surface area contributed by atoms with Gasteiger partial charge in [0.1, 0.15) is 0 Å². The number of rotatable bonds is 3. The standard InChI is InChI=1S/C10H12OS/c1-4-8-5-6-12-10(8)9(11)7(2)3/h5-6H,2,4H2,1,3H3. The second kappa shape index (κ2) is 3.68. The fraction of sp³-hybridized carbons (Fsp3) is 0.300. The molecule has 0 N–H and O–H groups in total. The Morgan fingerprint density at radius 3 is 2.83 bits per heavy atom. The molecule has 0 radical (unpaired) electrons. The molecule has 0 aliphatic rings. The van der Waals surface area contributed by atoms with E-state index in [2.05, 4.69) is 13.5 Å². The maximum atomic E-state index is 11.5. The third-order valence-electron chi connectivity index (χ3n) is 1.72. The van der Waals surface area contributed by atoms with Crippen molar-refractivity contribution < 1.29 is 4.79 Å². The van der Waals surface area contributed by atoms with Gasteiger partial charge in [-0.15, -0.1) is 11.3 Å². The lowest BCUT2D eigenvalue weighted by atomic mass is 10.1. The number of carbonyl (C=O) groups is 1. The predicted octanol–water partition coefficient (Wildman–Crippen LogP) is 3.07. The van der Waals surface area contributed by atoms with E-state index in [4.69, 9.17) is 0 Å². The van der Waals surface area contributed by atoms with E-state index in [1.54, 1.807) is 6.92 Å². The molecule has 0 bridgehead atoms. The Balaban J connectivity index is 3.02. The van der Waals surface area contributed by atoms with Crippen molar-refractivity contribution in [3.63, 3.8) is 0 Å². The first-order chi connectivity index (χ1) is 5.66. The van der Waals surface area contributed by atoms with Crippen LogP contribution < -0.4 is 0 Å². The fourth-order valence-electron chi connectivity index (χ4n) is 1.01. The van der Waals surface area contributed by atoms with Crippen LogP contribution in [-0.2, 0) is 6.42 Å². The van der Waals surface area contributed by atoms with Gasteiger partial charge in [0.05, 0.1) is 4.88 Å². The third-order valence-corrected chi connectivity index (χ3v) is 2.68. The summed E-state index contributed by atoms with van der Waals surface area (Å²) in [7, 11) is 0. The molecule has 0 aromatic carbocycles. The highest BCUT2D eigenvalue weighted by Gasteiger charge is 2.11. The topological polar surface area (TPSA) is 17.1 Å². The number of aryl methyl sites for hydroxylation is 1. The van der Waals surface area contributed by atoms with E-state index in [0.29, 0.717) is 5.57 Å². The summed E-state index contributed by atoms with van der Waals surface area (Å²) in [5.41, 5.74) is 1.75. The number of Topliss-reactive ketones (excluding diaryl/α,β-unsaturated/α-hetero) is 1. The molecule has 1 aromatic heterocycles. The van der Waals surface area contributed by atoms with Crippen LogP contribution >= 0.6 is 11.3 Å². The van der Waals surface area contributed by atoms with Crippen molar-refractivity contribution >= 4 is 17.1 Å². The highest BCUT2D eigenvalue weighted by atomic mass is 32.1. The Hall–Kier alpha value is -0.890. The van der Waals surface area contributed by atoms with Crippen LogP contribution in [0.4, 0.5) is 0 Å². The summed E-state index contributed by atoms with van der Waals surface area (Å²) in [6.07, 6.45) is 0.915. The summed E-state index contributed by atoms with van der Waals surface area (Å²) in [5, 5.41) is 1.95. The summed E-state index contributed by atoms with van der Waals surface area (Å²) in [6.45, 7) is 7.45. The molecule has 1 rings (SSSR count). The monoisotopic (exact) mass is 180 g/mol. The number of hydrogen-bond acceptors (Lipinski definition) is 2. The molecule has 0 aliphatic carbocycles. The number of hydrogen-bond donors (Lipinski definition) is 0. The van der Waals surface area contributed by atoms with Gasteiger partial charge in [0.25, 0.3) is 0 Å². The molecule has 0 spiro atoms. The first kappa shape index (κ1) is 9.20. The van der Waals surface area contributed by atoms with Gasteiger partial charge in [0.2, 0.25) is 0 Å². The lowest BCUT2D eigenvalue weighted by Crippen LogP contribution is -1.99. The van der Waals surface area contributed by atoms with Gasteiger partial charge in [0.15, 0.2) is 5.78 Å².